The molecule has 13 nitrogen and oxygen atoms in total. The van der Waals surface area contributed by atoms with Gasteiger partial charge in [0.1, 0.15) is 25.8 Å². The first-order valence-electron chi connectivity index (χ1n) is 23.9. The predicted octanol–water partition coefficient (Wildman–Crippen LogP) is 10.7. The van der Waals surface area contributed by atoms with Gasteiger partial charge in [-0.2, -0.15) is 0 Å². The fourth-order valence-electron chi connectivity index (χ4n) is 6.93. The molecule has 0 aliphatic heterocycles. The number of hydrogen-bond donors (Lipinski definition) is 3. The molecule has 0 radical (unpaired) electrons. The van der Waals surface area contributed by atoms with Crippen LogP contribution in [0.1, 0.15) is 199 Å². The second-order valence-corrected chi connectivity index (χ2v) is 19.2. The number of unbranched alkanes of at least 4 members (excludes halogenated alkanes) is 24. The fourth-order valence-corrected chi connectivity index (χ4v) is 7.67. The van der Waals surface area contributed by atoms with Gasteiger partial charge in [-0.3, -0.25) is 18.6 Å². The van der Waals surface area contributed by atoms with Crippen molar-refractivity contribution in [1.82, 2.24) is 15.3 Å². The summed E-state index contributed by atoms with van der Waals surface area (Å²) in [5, 5.41) is 2.81. The summed E-state index contributed by atoms with van der Waals surface area (Å²) >= 11 is 0. The highest BCUT2D eigenvalue weighted by Crippen LogP contribution is 2.43. The largest absolute Gasteiger partial charge is 0.472 e. The van der Waals surface area contributed by atoms with E-state index in [1.165, 1.54) is 122 Å². The molecule has 1 rings (SSSR count). The molecule has 3 atom stereocenters. The van der Waals surface area contributed by atoms with Gasteiger partial charge in [-0.1, -0.05) is 168 Å². The number of phosphoric ester groups is 1. The molecule has 350 valence electrons. The van der Waals surface area contributed by atoms with Crippen LogP contribution in [-0.2, 0) is 43.9 Å². The first kappa shape index (κ1) is 55.7. The van der Waals surface area contributed by atoms with Crippen LogP contribution in [0.25, 0.3) is 0 Å². The summed E-state index contributed by atoms with van der Waals surface area (Å²) in [4.78, 5) is 56.8. The summed E-state index contributed by atoms with van der Waals surface area (Å²) in [5.74, 6) is -1.52. The van der Waals surface area contributed by atoms with Gasteiger partial charge in [-0.25, -0.2) is 14.3 Å². The number of aromatic amines is 1. The van der Waals surface area contributed by atoms with Gasteiger partial charge < -0.3 is 29.2 Å². The van der Waals surface area contributed by atoms with E-state index in [1.54, 1.807) is 6.20 Å². The van der Waals surface area contributed by atoms with Crippen LogP contribution >= 0.6 is 7.82 Å². The maximum atomic E-state index is 13.6. The molecule has 0 saturated heterocycles. The number of ether oxygens (including phenoxy) is 2. The van der Waals surface area contributed by atoms with Crippen LogP contribution < -0.4 is 5.32 Å². The van der Waals surface area contributed by atoms with Gasteiger partial charge in [-0.15, -0.1) is 0 Å². The minimum Gasteiger partial charge on any atom is -0.462 e. The van der Waals surface area contributed by atoms with Crippen molar-refractivity contribution in [3.63, 3.8) is 0 Å². The van der Waals surface area contributed by atoms with Crippen LogP contribution in [0.3, 0.4) is 0 Å². The minimum absolute atomic E-state index is 0.0344. The van der Waals surface area contributed by atoms with Gasteiger partial charge in [0.25, 0.3) is 0 Å². The van der Waals surface area contributed by atoms with Crippen molar-refractivity contribution in [2.45, 2.75) is 212 Å². The number of carbonyl (C=O) groups excluding carboxylic acids is 3. The Morgan fingerprint density at radius 3 is 1.62 bits per heavy atom. The number of phosphoric acid groups is 1. The summed E-state index contributed by atoms with van der Waals surface area (Å²) in [6.07, 6.45) is 33.5. The molecule has 0 aromatic carbocycles. The van der Waals surface area contributed by atoms with Crippen molar-refractivity contribution in [3.05, 3.63) is 18.2 Å². The van der Waals surface area contributed by atoms with Crippen LogP contribution in [0.4, 0.5) is 0 Å². The number of nitrogens with one attached hydrogen (secondary N) is 2. The van der Waals surface area contributed by atoms with E-state index >= 15 is 0 Å². The van der Waals surface area contributed by atoms with Gasteiger partial charge >= 0.3 is 19.8 Å². The number of H-pyrrole nitrogens is 1. The Balaban J connectivity index is 2.64. The molecule has 2 unspecified atom stereocenters. The maximum Gasteiger partial charge on any atom is 0.472 e. The summed E-state index contributed by atoms with van der Waals surface area (Å²) in [6, 6.07) is -1.08. The molecule has 0 aliphatic rings. The lowest BCUT2D eigenvalue weighted by Gasteiger charge is -2.25. The molecule has 60 heavy (non-hydrogen) atoms. The van der Waals surface area contributed by atoms with Gasteiger partial charge in [0.15, 0.2) is 6.10 Å². The van der Waals surface area contributed by atoms with E-state index in [2.05, 4.69) is 29.1 Å². The number of imidazole rings is 1. The van der Waals surface area contributed by atoms with Gasteiger partial charge in [-0.05, 0) is 12.8 Å². The average Bonchev–Trinajstić information content (AvgIpc) is 3.72. The Hall–Kier alpha value is -2.31. The molecule has 1 heterocycles. The molecule has 1 aromatic rings. The number of hydrogen-bond acceptors (Lipinski definition) is 9. The van der Waals surface area contributed by atoms with E-state index in [-0.39, 0.29) is 38.4 Å². The van der Waals surface area contributed by atoms with E-state index in [0.29, 0.717) is 29.6 Å². The van der Waals surface area contributed by atoms with Crippen molar-refractivity contribution in [1.29, 1.82) is 0 Å². The maximum absolute atomic E-state index is 13.6. The van der Waals surface area contributed by atoms with E-state index in [1.807, 2.05) is 21.1 Å². The molecule has 0 fully saturated rings. The number of nitrogens with zero attached hydrogens (tertiary/aromatic N) is 2. The molecular weight excluding hydrogens is 783 g/mol. The Labute approximate surface area is 364 Å². The van der Waals surface area contributed by atoms with E-state index in [4.69, 9.17) is 18.5 Å². The zero-order valence-electron chi connectivity index (χ0n) is 38.7. The van der Waals surface area contributed by atoms with Gasteiger partial charge in [0.05, 0.1) is 34.1 Å². The average molecular weight is 872 g/mol. The number of aromatic nitrogens is 2. The first-order valence-corrected chi connectivity index (χ1v) is 25.4. The zero-order valence-corrected chi connectivity index (χ0v) is 39.6. The second-order valence-electron chi connectivity index (χ2n) is 17.7. The molecule has 3 N–H and O–H groups in total. The van der Waals surface area contributed by atoms with Crippen LogP contribution in [0, 0.1) is 0 Å². The lowest BCUT2D eigenvalue weighted by molar-refractivity contribution is -0.870. The Kier molecular flexibility index (Phi) is 33.6. The molecule has 0 saturated carbocycles. The van der Waals surface area contributed by atoms with E-state index < -0.39 is 38.5 Å². The third kappa shape index (κ3) is 34.3. The number of quaternary nitrogens is 1. The highest BCUT2D eigenvalue weighted by atomic mass is 31.2. The molecule has 1 aromatic heterocycles. The fraction of sp³-hybridized carbons (Fsp3) is 0.870. The van der Waals surface area contributed by atoms with Crippen molar-refractivity contribution >= 4 is 25.7 Å². The highest BCUT2D eigenvalue weighted by molar-refractivity contribution is 7.47. The Morgan fingerprint density at radius 2 is 1.17 bits per heavy atom. The lowest BCUT2D eigenvalue weighted by Crippen LogP contribution is -2.45. The summed E-state index contributed by atoms with van der Waals surface area (Å²) in [6.45, 7) is 3.97. The molecule has 14 heteroatoms. The quantitative estimate of drug-likeness (QED) is 0.0249. The van der Waals surface area contributed by atoms with Crippen LogP contribution in [0.5, 0.6) is 0 Å². The molecule has 0 aliphatic carbocycles. The normalized spacial score (nSPS) is 13.8. The van der Waals surface area contributed by atoms with Crippen molar-refractivity contribution in [2.75, 3.05) is 47.5 Å². The van der Waals surface area contributed by atoms with E-state index in [0.717, 1.165) is 38.5 Å². The van der Waals surface area contributed by atoms with Crippen molar-refractivity contribution in [3.8, 4) is 0 Å². The Bertz CT molecular complexity index is 1240. The van der Waals surface area contributed by atoms with E-state index in [9.17, 15) is 23.8 Å². The first-order chi connectivity index (χ1) is 28.8. The summed E-state index contributed by atoms with van der Waals surface area (Å²) in [7, 11) is 1.25. The predicted molar refractivity (Wildman–Crippen MR) is 240 cm³/mol. The molecule has 1 amide bonds. The zero-order chi connectivity index (χ0) is 44.2. The van der Waals surface area contributed by atoms with Crippen LogP contribution in [0.2, 0.25) is 0 Å². The Morgan fingerprint density at radius 1 is 0.700 bits per heavy atom. The smallest absolute Gasteiger partial charge is 0.462 e. The number of amides is 1. The third-order valence-corrected chi connectivity index (χ3v) is 11.7. The monoisotopic (exact) mass is 872 g/mol. The standard InChI is InChI=1S/C46H87N4O9P/c1-6-8-10-12-14-16-18-20-21-22-24-26-28-30-32-44(51)49-43(36-41-37-47-40-48-41)46(53)59-42(39-58-60(54,55)57-35-34-50(3,4)5)38-56-45(52)33-31-29-27-25-23-19-17-15-13-11-9-7-2/h37,40,42-43H,6-36,38-39H2,1-5H3,(H2-,47,48,49,51,54,55)/p+1/t42-,43?/m1/s1. The summed E-state index contributed by atoms with van der Waals surface area (Å²) in [5.41, 5.74) is 0.612. The third-order valence-electron chi connectivity index (χ3n) is 10.7. The van der Waals surface area contributed by atoms with Gasteiger partial charge in [0.2, 0.25) is 5.91 Å². The van der Waals surface area contributed by atoms with Crippen LogP contribution in [-0.4, -0.2) is 96.8 Å². The number of carbonyl (C=O) groups is 3. The number of rotatable bonds is 42. The van der Waals surface area contributed by atoms with Crippen molar-refractivity contribution in [2.24, 2.45) is 0 Å². The molecule has 0 spiro atoms. The summed E-state index contributed by atoms with van der Waals surface area (Å²) < 4.78 is 34.8. The molecular formula is C46H88N4O9P+. The second kappa shape index (κ2) is 36.2. The topological polar surface area (TPSA) is 166 Å². The van der Waals surface area contributed by atoms with Crippen LogP contribution in [0.15, 0.2) is 12.5 Å². The highest BCUT2D eigenvalue weighted by Gasteiger charge is 2.30. The SMILES string of the molecule is CCCCCCCCCCCCCCCCC(=O)NC(Cc1cnc[nH]1)C(=O)O[C@H](COC(=O)CCCCCCCCCCCCCC)COP(=O)(O)OCC[N+](C)(C)C. The molecule has 0 bridgehead atoms. The van der Waals surface area contributed by atoms with Gasteiger partial charge in [0, 0.05) is 31.2 Å². The minimum atomic E-state index is -4.52. The van der Waals surface area contributed by atoms with Crippen molar-refractivity contribution < 1.29 is 46.8 Å². The lowest BCUT2D eigenvalue weighted by atomic mass is 10.0. The number of esters is 2. The number of likely N-dealkylation sites (N-methyl/N-ethyl adjacent to an activating group) is 1.